The van der Waals surface area contributed by atoms with Crippen LogP contribution >= 0.6 is 0 Å². The molecule has 0 aromatic heterocycles. The molecule has 4 heteroatoms. The zero-order chi connectivity index (χ0) is 14.0. The first kappa shape index (κ1) is 14.3. The molecule has 0 spiro atoms. The van der Waals surface area contributed by atoms with Crippen LogP contribution in [0.3, 0.4) is 0 Å². The second kappa shape index (κ2) is 5.88. The summed E-state index contributed by atoms with van der Waals surface area (Å²) in [6.45, 7) is 5.83. The predicted octanol–water partition coefficient (Wildman–Crippen LogP) is 3.18. The molecule has 1 fully saturated rings. The molecule has 0 amide bonds. The topological polar surface area (TPSA) is 44.5 Å². The molecule has 1 aromatic rings. The predicted molar refractivity (Wildman–Crippen MR) is 72.7 cm³/mol. The lowest BCUT2D eigenvalue weighted by Gasteiger charge is -2.33. The summed E-state index contributed by atoms with van der Waals surface area (Å²) >= 11 is 0. The molecule has 0 bridgehead atoms. The van der Waals surface area contributed by atoms with Gasteiger partial charge in [-0.2, -0.15) is 0 Å². The summed E-state index contributed by atoms with van der Waals surface area (Å²) in [5, 5.41) is 0. The van der Waals surface area contributed by atoms with Crippen LogP contribution in [-0.2, 0) is 4.74 Å². The van der Waals surface area contributed by atoms with Crippen LogP contribution < -0.4 is 10.5 Å². The highest BCUT2D eigenvalue weighted by atomic mass is 19.1. The van der Waals surface area contributed by atoms with Gasteiger partial charge in [0.1, 0.15) is 17.7 Å². The van der Waals surface area contributed by atoms with E-state index in [1.165, 1.54) is 6.07 Å². The van der Waals surface area contributed by atoms with E-state index in [0.29, 0.717) is 11.3 Å². The van der Waals surface area contributed by atoms with Crippen LogP contribution in [0.4, 0.5) is 4.39 Å². The summed E-state index contributed by atoms with van der Waals surface area (Å²) in [6, 6.07) is 4.47. The first-order valence-electron chi connectivity index (χ1n) is 6.83. The Labute approximate surface area is 113 Å². The Bertz CT molecular complexity index is 426. The molecule has 1 aliphatic rings. The summed E-state index contributed by atoms with van der Waals surface area (Å²) in [6.07, 6.45) is 2.03. The fourth-order valence-corrected chi connectivity index (χ4v) is 2.68. The fraction of sp³-hybridized carbons (Fsp3) is 0.600. The van der Waals surface area contributed by atoms with Crippen molar-refractivity contribution >= 4 is 0 Å². The van der Waals surface area contributed by atoms with Crippen molar-refractivity contribution in [2.24, 2.45) is 5.73 Å². The Morgan fingerprint density at radius 2 is 1.95 bits per heavy atom. The van der Waals surface area contributed by atoms with Crippen molar-refractivity contribution < 1.29 is 13.9 Å². The van der Waals surface area contributed by atoms with Crippen molar-refractivity contribution in [3.05, 3.63) is 29.6 Å². The molecule has 2 unspecified atom stereocenters. The highest BCUT2D eigenvalue weighted by Gasteiger charge is 2.27. The van der Waals surface area contributed by atoms with Gasteiger partial charge in [-0.05, 0) is 32.9 Å². The molecule has 0 radical (unpaired) electrons. The number of nitrogens with two attached hydrogens (primary N) is 1. The van der Waals surface area contributed by atoms with E-state index >= 15 is 0 Å². The van der Waals surface area contributed by atoms with Crippen LogP contribution in [0.15, 0.2) is 18.2 Å². The van der Waals surface area contributed by atoms with Gasteiger partial charge < -0.3 is 15.2 Å². The maximum atomic E-state index is 13.8. The minimum absolute atomic E-state index is 0.0537. The van der Waals surface area contributed by atoms with Gasteiger partial charge >= 0.3 is 0 Å². The molecule has 1 saturated heterocycles. The minimum Gasteiger partial charge on any atom is -0.490 e. The lowest BCUT2D eigenvalue weighted by molar-refractivity contribution is -0.0723. The molecule has 19 heavy (non-hydrogen) atoms. The zero-order valence-electron chi connectivity index (χ0n) is 11.7. The second-order valence-electron chi connectivity index (χ2n) is 5.41. The van der Waals surface area contributed by atoms with Crippen LogP contribution in [0.5, 0.6) is 5.75 Å². The Morgan fingerprint density at radius 1 is 1.32 bits per heavy atom. The smallest absolute Gasteiger partial charge is 0.131 e. The minimum atomic E-state index is -0.383. The quantitative estimate of drug-likeness (QED) is 0.914. The monoisotopic (exact) mass is 267 g/mol. The van der Waals surface area contributed by atoms with E-state index < -0.39 is 0 Å². The van der Waals surface area contributed by atoms with Crippen molar-refractivity contribution in [1.29, 1.82) is 0 Å². The van der Waals surface area contributed by atoms with Crippen molar-refractivity contribution in [3.8, 4) is 5.75 Å². The molecule has 0 saturated carbocycles. The average Bonchev–Trinajstić information content (AvgIpc) is 2.26. The van der Waals surface area contributed by atoms with Crippen LogP contribution in [0, 0.1) is 5.82 Å². The zero-order valence-corrected chi connectivity index (χ0v) is 11.7. The van der Waals surface area contributed by atoms with Gasteiger partial charge in [0.05, 0.1) is 12.2 Å². The maximum Gasteiger partial charge on any atom is 0.131 e. The third-order valence-electron chi connectivity index (χ3n) is 3.42. The van der Waals surface area contributed by atoms with Crippen LogP contribution in [0.2, 0.25) is 0 Å². The van der Waals surface area contributed by atoms with E-state index in [1.54, 1.807) is 19.1 Å². The number of ether oxygens (including phenoxy) is 2. The van der Waals surface area contributed by atoms with E-state index in [4.69, 9.17) is 15.2 Å². The Morgan fingerprint density at radius 3 is 2.53 bits per heavy atom. The molecule has 2 rings (SSSR count). The van der Waals surface area contributed by atoms with Gasteiger partial charge in [-0.25, -0.2) is 4.39 Å². The van der Waals surface area contributed by atoms with Gasteiger partial charge in [0, 0.05) is 24.4 Å². The van der Waals surface area contributed by atoms with Crippen LogP contribution in [-0.4, -0.2) is 18.3 Å². The van der Waals surface area contributed by atoms with Gasteiger partial charge in [-0.15, -0.1) is 0 Å². The largest absolute Gasteiger partial charge is 0.490 e. The first-order valence-corrected chi connectivity index (χ1v) is 6.83. The molecule has 106 valence electrons. The molecular formula is C15H22FNO2. The average molecular weight is 267 g/mol. The van der Waals surface area contributed by atoms with Crippen molar-refractivity contribution in [3.63, 3.8) is 0 Å². The summed E-state index contributed by atoms with van der Waals surface area (Å²) in [7, 11) is 0. The summed E-state index contributed by atoms with van der Waals surface area (Å²) in [5.41, 5.74) is 6.28. The van der Waals surface area contributed by atoms with Crippen molar-refractivity contribution in [1.82, 2.24) is 0 Å². The van der Waals surface area contributed by atoms with Gasteiger partial charge in [-0.3, -0.25) is 0 Å². The normalized spacial score (nSPS) is 29.0. The second-order valence-corrected chi connectivity index (χ2v) is 5.41. The van der Waals surface area contributed by atoms with Gasteiger partial charge in [0.2, 0.25) is 0 Å². The molecular weight excluding hydrogens is 245 g/mol. The highest BCUT2D eigenvalue weighted by Crippen LogP contribution is 2.30. The molecule has 0 aliphatic carbocycles. The van der Waals surface area contributed by atoms with Gasteiger partial charge in [0.15, 0.2) is 0 Å². The number of hydrogen-bond acceptors (Lipinski definition) is 3. The van der Waals surface area contributed by atoms with E-state index in [-0.39, 0.29) is 30.2 Å². The molecule has 3 atom stereocenters. The number of halogens is 1. The van der Waals surface area contributed by atoms with Gasteiger partial charge in [0.25, 0.3) is 0 Å². The Kier molecular flexibility index (Phi) is 4.42. The number of hydrogen-bond donors (Lipinski definition) is 1. The highest BCUT2D eigenvalue weighted by molar-refractivity contribution is 5.37. The lowest BCUT2D eigenvalue weighted by Crippen LogP contribution is -2.36. The van der Waals surface area contributed by atoms with Crippen LogP contribution in [0.25, 0.3) is 0 Å². The Hall–Kier alpha value is -1.13. The summed E-state index contributed by atoms with van der Waals surface area (Å²) in [4.78, 5) is 0. The van der Waals surface area contributed by atoms with E-state index in [2.05, 4.69) is 0 Å². The van der Waals surface area contributed by atoms with E-state index in [9.17, 15) is 4.39 Å². The Balaban J connectivity index is 2.17. The fourth-order valence-electron chi connectivity index (χ4n) is 2.68. The molecule has 1 aromatic carbocycles. The molecule has 2 N–H and O–H groups in total. The van der Waals surface area contributed by atoms with E-state index in [1.807, 2.05) is 13.8 Å². The number of rotatable bonds is 3. The van der Waals surface area contributed by atoms with Gasteiger partial charge in [-0.1, -0.05) is 6.07 Å². The lowest BCUT2D eigenvalue weighted by atomic mass is 10.0. The van der Waals surface area contributed by atoms with Crippen molar-refractivity contribution in [2.75, 3.05) is 0 Å². The maximum absolute atomic E-state index is 13.8. The summed E-state index contributed by atoms with van der Waals surface area (Å²) < 4.78 is 25.5. The summed E-state index contributed by atoms with van der Waals surface area (Å²) in [5.74, 6) is 0.252. The van der Waals surface area contributed by atoms with E-state index in [0.717, 1.165) is 12.8 Å². The first-order chi connectivity index (χ1) is 8.97. The molecule has 3 nitrogen and oxygen atoms in total. The van der Waals surface area contributed by atoms with Crippen molar-refractivity contribution in [2.45, 2.75) is 58.0 Å². The SMILES string of the molecule is CC1CC(Oc2cccc(F)c2[C@H](C)N)CC(C)O1. The van der Waals surface area contributed by atoms with Crippen LogP contribution in [0.1, 0.15) is 45.2 Å². The third kappa shape index (κ3) is 3.45. The standard InChI is InChI=1S/C15H22FNO2/c1-9-7-12(8-10(2)18-9)19-14-6-4-5-13(16)15(14)11(3)17/h4-6,9-12H,7-8,17H2,1-3H3/t9?,10?,11-,12?/m0/s1. The molecule has 1 aliphatic heterocycles. The number of benzene rings is 1. The third-order valence-corrected chi connectivity index (χ3v) is 3.42. The molecule has 1 heterocycles.